The van der Waals surface area contributed by atoms with E-state index in [0.717, 1.165) is 30.8 Å². The number of benzene rings is 1. The van der Waals surface area contributed by atoms with Crippen molar-refractivity contribution in [3.63, 3.8) is 0 Å². The van der Waals surface area contributed by atoms with E-state index in [4.69, 9.17) is 4.74 Å². The molecule has 17 heavy (non-hydrogen) atoms. The molecule has 2 N–H and O–H groups in total. The number of piperidine rings is 1. The molecular formula is C13H17FN2O. The van der Waals surface area contributed by atoms with E-state index in [-0.39, 0.29) is 12.0 Å². The number of nitrogens with one attached hydrogen (secondary N) is 2. The monoisotopic (exact) mass is 236 g/mol. The maximum Gasteiger partial charge on any atom is 0.174 e. The van der Waals surface area contributed by atoms with Crippen molar-refractivity contribution in [1.29, 1.82) is 0 Å². The summed E-state index contributed by atoms with van der Waals surface area (Å²) in [5.41, 5.74) is 0.772. The molecule has 0 radical (unpaired) electrons. The summed E-state index contributed by atoms with van der Waals surface area (Å²) in [7, 11) is 0. The highest BCUT2D eigenvalue weighted by atomic mass is 19.1. The predicted octanol–water partition coefficient (Wildman–Crippen LogP) is 2.34. The quantitative estimate of drug-likeness (QED) is 0.785. The van der Waals surface area contributed by atoms with Crippen LogP contribution in [-0.2, 0) is 0 Å². The first kappa shape index (κ1) is 10.8. The highest BCUT2D eigenvalue weighted by molar-refractivity contribution is 5.60. The Labute approximate surface area is 100 Å². The van der Waals surface area contributed by atoms with Crippen LogP contribution in [0, 0.1) is 11.7 Å². The van der Waals surface area contributed by atoms with E-state index in [1.807, 2.05) is 0 Å². The van der Waals surface area contributed by atoms with Gasteiger partial charge in [-0.3, -0.25) is 0 Å². The molecule has 0 amide bonds. The lowest BCUT2D eigenvalue weighted by atomic mass is 9.94. The third-order valence-corrected chi connectivity index (χ3v) is 3.62. The smallest absolute Gasteiger partial charge is 0.174 e. The second kappa shape index (κ2) is 4.18. The molecule has 4 heteroatoms. The summed E-state index contributed by atoms with van der Waals surface area (Å²) in [5, 5.41) is 6.71. The Hall–Kier alpha value is -1.29. The van der Waals surface area contributed by atoms with Crippen LogP contribution in [0.1, 0.15) is 19.8 Å². The molecule has 0 bridgehead atoms. The summed E-state index contributed by atoms with van der Waals surface area (Å²) < 4.78 is 18.9. The third kappa shape index (κ3) is 2.09. The standard InChI is InChI=1S/C13H17FN2O/c1-8-2-3-9(7-15-8)13-16-11-6-10(14)4-5-12(11)17-13/h4-6,8-9,13,15-16H,2-3,7H2,1H3/t8-,9?,13?/m1/s1. The van der Waals surface area contributed by atoms with Crippen LogP contribution in [0.4, 0.5) is 10.1 Å². The van der Waals surface area contributed by atoms with Crippen LogP contribution in [-0.4, -0.2) is 18.8 Å². The Morgan fingerprint density at radius 2 is 2.24 bits per heavy atom. The number of hydrogen-bond donors (Lipinski definition) is 2. The van der Waals surface area contributed by atoms with Crippen LogP contribution in [0.25, 0.3) is 0 Å². The Morgan fingerprint density at radius 3 is 3.00 bits per heavy atom. The van der Waals surface area contributed by atoms with Crippen LogP contribution in [0.2, 0.25) is 0 Å². The van der Waals surface area contributed by atoms with Crippen molar-refractivity contribution in [2.24, 2.45) is 5.92 Å². The van der Waals surface area contributed by atoms with Crippen LogP contribution in [0.3, 0.4) is 0 Å². The molecule has 2 aliphatic rings. The first-order valence-corrected chi connectivity index (χ1v) is 6.18. The van der Waals surface area contributed by atoms with E-state index in [1.54, 1.807) is 6.07 Å². The molecular weight excluding hydrogens is 219 g/mol. The van der Waals surface area contributed by atoms with E-state index in [2.05, 4.69) is 17.6 Å². The average molecular weight is 236 g/mol. The Kier molecular flexibility index (Phi) is 2.67. The van der Waals surface area contributed by atoms with Crippen molar-refractivity contribution in [3.05, 3.63) is 24.0 Å². The number of ether oxygens (including phenoxy) is 1. The first-order chi connectivity index (χ1) is 8.22. The fourth-order valence-electron chi connectivity index (χ4n) is 2.53. The van der Waals surface area contributed by atoms with Gasteiger partial charge >= 0.3 is 0 Å². The predicted molar refractivity (Wildman–Crippen MR) is 64.6 cm³/mol. The van der Waals surface area contributed by atoms with Crippen LogP contribution >= 0.6 is 0 Å². The molecule has 3 atom stereocenters. The van der Waals surface area contributed by atoms with Crippen molar-refractivity contribution < 1.29 is 9.13 Å². The van der Waals surface area contributed by atoms with Crippen LogP contribution in [0.5, 0.6) is 5.75 Å². The fraction of sp³-hybridized carbons (Fsp3) is 0.538. The summed E-state index contributed by atoms with van der Waals surface area (Å²) in [6.07, 6.45) is 2.28. The van der Waals surface area contributed by atoms with Gasteiger partial charge in [0.2, 0.25) is 0 Å². The van der Waals surface area contributed by atoms with Crippen molar-refractivity contribution >= 4 is 5.69 Å². The second-order valence-electron chi connectivity index (χ2n) is 4.97. The molecule has 0 saturated carbocycles. The van der Waals surface area contributed by atoms with E-state index in [9.17, 15) is 4.39 Å². The van der Waals surface area contributed by atoms with Gasteiger partial charge in [-0.05, 0) is 31.9 Å². The normalized spacial score (nSPS) is 31.5. The zero-order chi connectivity index (χ0) is 11.8. The Bertz CT molecular complexity index is 416. The number of anilines is 1. The minimum atomic E-state index is -0.226. The highest BCUT2D eigenvalue weighted by Crippen LogP contribution is 2.35. The first-order valence-electron chi connectivity index (χ1n) is 6.18. The zero-order valence-electron chi connectivity index (χ0n) is 9.87. The molecule has 92 valence electrons. The van der Waals surface area contributed by atoms with Gasteiger partial charge < -0.3 is 15.4 Å². The van der Waals surface area contributed by atoms with Crippen LogP contribution in [0.15, 0.2) is 18.2 Å². The minimum absolute atomic E-state index is 0.0215. The van der Waals surface area contributed by atoms with Gasteiger partial charge in [0.05, 0.1) is 5.69 Å². The summed E-state index contributed by atoms with van der Waals surface area (Å²) in [6.45, 7) is 3.15. The molecule has 1 aromatic carbocycles. The summed E-state index contributed by atoms with van der Waals surface area (Å²) in [6, 6.07) is 5.21. The highest BCUT2D eigenvalue weighted by Gasteiger charge is 2.32. The molecule has 1 fully saturated rings. The lowest BCUT2D eigenvalue weighted by Crippen LogP contribution is -2.44. The molecule has 2 heterocycles. The van der Waals surface area contributed by atoms with Crippen molar-refractivity contribution in [1.82, 2.24) is 5.32 Å². The Balaban J connectivity index is 1.69. The van der Waals surface area contributed by atoms with Gasteiger partial charge in [-0.25, -0.2) is 4.39 Å². The van der Waals surface area contributed by atoms with Gasteiger partial charge in [0.1, 0.15) is 11.6 Å². The maximum atomic E-state index is 13.1. The van der Waals surface area contributed by atoms with Crippen molar-refractivity contribution in [3.8, 4) is 5.75 Å². The lowest BCUT2D eigenvalue weighted by molar-refractivity contribution is 0.145. The van der Waals surface area contributed by atoms with Gasteiger partial charge in [0, 0.05) is 24.6 Å². The Morgan fingerprint density at radius 1 is 1.35 bits per heavy atom. The van der Waals surface area contributed by atoms with E-state index in [0.29, 0.717) is 12.0 Å². The molecule has 0 aliphatic carbocycles. The zero-order valence-corrected chi connectivity index (χ0v) is 9.87. The number of halogens is 1. The van der Waals surface area contributed by atoms with Crippen LogP contribution < -0.4 is 15.4 Å². The second-order valence-corrected chi connectivity index (χ2v) is 4.97. The van der Waals surface area contributed by atoms with Gasteiger partial charge in [-0.15, -0.1) is 0 Å². The SMILES string of the molecule is C[C@@H]1CCC(C2Nc3cc(F)ccc3O2)CN1. The van der Waals surface area contributed by atoms with Crippen molar-refractivity contribution in [2.75, 3.05) is 11.9 Å². The molecule has 3 nitrogen and oxygen atoms in total. The fourth-order valence-corrected chi connectivity index (χ4v) is 2.53. The molecule has 0 spiro atoms. The topological polar surface area (TPSA) is 33.3 Å². The molecule has 0 aromatic heterocycles. The minimum Gasteiger partial charge on any atom is -0.468 e. The molecule has 1 saturated heterocycles. The third-order valence-electron chi connectivity index (χ3n) is 3.62. The summed E-state index contributed by atoms with van der Waals surface area (Å²) in [4.78, 5) is 0. The van der Waals surface area contributed by atoms with Gasteiger partial charge in [0.25, 0.3) is 0 Å². The van der Waals surface area contributed by atoms with E-state index >= 15 is 0 Å². The van der Waals surface area contributed by atoms with Crippen molar-refractivity contribution in [2.45, 2.75) is 32.0 Å². The molecule has 1 aromatic rings. The van der Waals surface area contributed by atoms with Gasteiger partial charge in [-0.1, -0.05) is 0 Å². The summed E-state index contributed by atoms with van der Waals surface area (Å²) in [5.74, 6) is 0.979. The lowest BCUT2D eigenvalue weighted by Gasteiger charge is -2.31. The average Bonchev–Trinajstić information content (AvgIpc) is 2.72. The van der Waals surface area contributed by atoms with E-state index < -0.39 is 0 Å². The largest absolute Gasteiger partial charge is 0.468 e. The van der Waals surface area contributed by atoms with E-state index in [1.165, 1.54) is 12.1 Å². The van der Waals surface area contributed by atoms with Gasteiger partial charge in [-0.2, -0.15) is 0 Å². The molecule has 3 rings (SSSR count). The number of rotatable bonds is 1. The molecule has 2 aliphatic heterocycles. The number of fused-ring (bicyclic) bond motifs is 1. The van der Waals surface area contributed by atoms with Gasteiger partial charge in [0.15, 0.2) is 6.23 Å². The summed E-state index contributed by atoms with van der Waals surface area (Å²) >= 11 is 0. The maximum absolute atomic E-state index is 13.1. The molecule has 2 unspecified atom stereocenters. The number of hydrogen-bond acceptors (Lipinski definition) is 3.